The molecule has 0 heterocycles. The van der Waals surface area contributed by atoms with Crippen LogP contribution in [-0.2, 0) is 37.1 Å². The van der Waals surface area contributed by atoms with Crippen LogP contribution < -0.4 is 31.9 Å². The Balaban J connectivity index is 1.76. The zero-order valence-electron chi connectivity index (χ0n) is 30.9. The smallest absolute Gasteiger partial charge is 0.334 e. The molecule has 9 nitrogen and oxygen atoms in total. The zero-order valence-corrected chi connectivity index (χ0v) is 31.8. The highest BCUT2D eigenvalue weighted by Crippen LogP contribution is 2.53. The number of carbonyl (C=O) groups excluding carboxylic acids is 3. The normalized spacial score (nSPS) is 13.0. The van der Waals surface area contributed by atoms with Gasteiger partial charge in [0.25, 0.3) is 0 Å². The molecule has 0 unspecified atom stereocenters. The second-order valence-electron chi connectivity index (χ2n) is 13.3. The van der Waals surface area contributed by atoms with E-state index < -0.39 is 132 Å². The Morgan fingerprint density at radius 2 is 0.548 bits per heavy atom. The number of carbonyl (C=O) groups is 3. The molecule has 3 aromatic rings. The number of urea groups is 3. The van der Waals surface area contributed by atoms with Crippen molar-refractivity contribution in [2.24, 2.45) is 0 Å². The molecule has 0 aliphatic rings. The van der Waals surface area contributed by atoms with Gasteiger partial charge >= 0.3 is 55.2 Å². The molecule has 0 radical (unpaired) electrons. The van der Waals surface area contributed by atoms with Gasteiger partial charge in [-0.1, -0.05) is 0 Å². The van der Waals surface area contributed by atoms with Crippen LogP contribution in [0.3, 0.4) is 0 Å². The maximum absolute atomic E-state index is 13.2. The molecule has 0 fully saturated rings. The van der Waals surface area contributed by atoms with Gasteiger partial charge in [0.2, 0.25) is 0 Å². The van der Waals surface area contributed by atoms with E-state index in [2.05, 4.69) is 16.0 Å². The van der Waals surface area contributed by atoms with Crippen LogP contribution in [0, 0.1) is 0 Å². The lowest BCUT2D eigenvalue weighted by Gasteiger charge is -2.24. The molecule has 62 heavy (non-hydrogen) atoms. The highest BCUT2D eigenvalue weighted by atomic mass is 31.2. The first-order chi connectivity index (χ1) is 28.0. The summed E-state index contributed by atoms with van der Waals surface area (Å²) in [6.45, 7) is 0.288. The first-order valence-corrected chi connectivity index (χ1v) is 19.7. The highest BCUT2D eigenvalue weighted by molar-refractivity contribution is 7.75. The molecule has 0 aliphatic carbocycles. The molecule has 3 aromatic carbocycles. The van der Waals surface area contributed by atoms with Crippen LogP contribution in [0.1, 0.15) is 33.4 Å². The molecule has 0 saturated carbocycles. The van der Waals surface area contributed by atoms with E-state index in [1.54, 1.807) is 0 Å². The summed E-state index contributed by atoms with van der Waals surface area (Å²) in [7, 11) is -2.69. The van der Waals surface area contributed by atoms with Crippen molar-refractivity contribution >= 4 is 42.4 Å². The van der Waals surface area contributed by atoms with Crippen molar-refractivity contribution in [3.63, 3.8) is 0 Å². The summed E-state index contributed by atoms with van der Waals surface area (Å²) in [4.78, 5) is 37.6. The zero-order chi connectivity index (χ0) is 47.3. The van der Waals surface area contributed by atoms with E-state index in [1.165, 1.54) is 6.66 Å². The average molecular weight is 944 g/mol. The van der Waals surface area contributed by atoms with Gasteiger partial charge in [0.05, 0.1) is 71.5 Å². The minimum absolute atomic E-state index is 0.117. The van der Waals surface area contributed by atoms with Crippen LogP contribution in [0.15, 0.2) is 54.6 Å². The number of nitrogens with one attached hydrogen (secondary N) is 6. The number of amides is 6. The molecule has 28 heteroatoms. The fourth-order valence-electron chi connectivity index (χ4n) is 5.26. The van der Waals surface area contributed by atoms with Crippen molar-refractivity contribution < 1.29 is 93.4 Å². The quantitative estimate of drug-likeness (QED) is 0.0801. The number of anilines is 3. The van der Waals surface area contributed by atoms with Gasteiger partial charge in [0.1, 0.15) is 0 Å². The van der Waals surface area contributed by atoms with Gasteiger partial charge in [-0.05, 0) is 54.6 Å². The summed E-state index contributed by atoms with van der Waals surface area (Å²) in [5.74, 6) is 0. The molecule has 0 spiro atoms. The second-order valence-corrected chi connectivity index (χ2v) is 17.9. The molecule has 0 bridgehead atoms. The third kappa shape index (κ3) is 15.8. The molecule has 6 amide bonds. The molecular weight excluding hydrogens is 913 g/mol. The van der Waals surface area contributed by atoms with Gasteiger partial charge in [0.15, 0.2) is 0 Å². The molecule has 344 valence electrons. The third-order valence-corrected chi connectivity index (χ3v) is 12.3. The minimum Gasteiger partial charge on any atom is -0.334 e. The van der Waals surface area contributed by atoms with Crippen LogP contribution >= 0.6 is 7.26 Å². The summed E-state index contributed by atoms with van der Waals surface area (Å²) in [5, 5.41) is 12.0. The molecule has 0 saturated heterocycles. The Labute approximate surface area is 337 Å². The van der Waals surface area contributed by atoms with Crippen LogP contribution in [0.2, 0.25) is 0 Å². The number of benzene rings is 3. The van der Waals surface area contributed by atoms with Crippen LogP contribution in [-0.4, -0.2) is 62.9 Å². The molecule has 3 rings (SSSR count). The van der Waals surface area contributed by atoms with Gasteiger partial charge < -0.3 is 31.9 Å². The van der Waals surface area contributed by atoms with Gasteiger partial charge in [0, 0.05) is 31.0 Å². The monoisotopic (exact) mass is 943 g/mol. The van der Waals surface area contributed by atoms with E-state index in [-0.39, 0.29) is 73.1 Å². The number of rotatable bonds is 12. The summed E-state index contributed by atoms with van der Waals surface area (Å²) in [5.41, 5.74) is -13.3. The SMILES string of the molecule is C[P+](CCNC(=O)Nc1cc(C(F)(F)F)cc(C(F)(F)F)c1)(CCNC(=O)Nc1cc(C(F)(F)F)cc(C(F)(F)F)c1)CCNC(=O)Nc1cc(C(F)(F)F)cc(C(F)(F)F)c1. The van der Waals surface area contributed by atoms with E-state index in [4.69, 9.17) is 0 Å². The first kappa shape index (κ1) is 51.0. The lowest BCUT2D eigenvalue weighted by molar-refractivity contribution is -0.144. The average Bonchev–Trinajstić information content (AvgIpc) is 3.09. The van der Waals surface area contributed by atoms with Crippen LogP contribution in [0.25, 0.3) is 0 Å². The third-order valence-electron chi connectivity index (χ3n) is 8.35. The Hall–Kier alpha value is -5.36. The van der Waals surface area contributed by atoms with E-state index >= 15 is 0 Å². The van der Waals surface area contributed by atoms with Gasteiger partial charge in [-0.2, -0.15) is 79.0 Å². The minimum atomic E-state index is -5.26. The van der Waals surface area contributed by atoms with Crippen molar-refractivity contribution in [1.29, 1.82) is 0 Å². The van der Waals surface area contributed by atoms with Gasteiger partial charge in [-0.3, -0.25) is 0 Å². The predicted molar refractivity (Wildman–Crippen MR) is 188 cm³/mol. The molecule has 0 aliphatic heterocycles. The number of hydrogen-bond acceptors (Lipinski definition) is 3. The number of halogens is 18. The fraction of sp³-hybridized carbons (Fsp3) is 0.382. The maximum Gasteiger partial charge on any atom is 0.416 e. The topological polar surface area (TPSA) is 123 Å². The summed E-state index contributed by atoms with van der Waals surface area (Å²) in [6.07, 6.45) is -31.9. The number of hydrogen-bond donors (Lipinski definition) is 6. The van der Waals surface area contributed by atoms with Crippen molar-refractivity contribution in [2.75, 3.05) is 60.7 Å². The summed E-state index contributed by atoms with van der Waals surface area (Å²) >= 11 is 0. The Bertz CT molecular complexity index is 1750. The molecule has 6 N–H and O–H groups in total. The van der Waals surface area contributed by atoms with Crippen molar-refractivity contribution in [1.82, 2.24) is 16.0 Å². The first-order valence-electron chi connectivity index (χ1n) is 16.9. The lowest BCUT2D eigenvalue weighted by Crippen LogP contribution is -2.36. The van der Waals surface area contributed by atoms with Crippen LogP contribution in [0.4, 0.5) is 110 Å². The van der Waals surface area contributed by atoms with Gasteiger partial charge in [-0.15, -0.1) is 0 Å². The fourth-order valence-corrected chi connectivity index (χ4v) is 7.89. The van der Waals surface area contributed by atoms with E-state index in [1.807, 2.05) is 16.0 Å². The van der Waals surface area contributed by atoms with Crippen molar-refractivity contribution in [3.05, 3.63) is 88.0 Å². The van der Waals surface area contributed by atoms with Crippen molar-refractivity contribution in [3.8, 4) is 0 Å². The summed E-state index contributed by atoms with van der Waals surface area (Å²) in [6, 6.07) is -3.22. The maximum atomic E-state index is 13.2. The van der Waals surface area contributed by atoms with E-state index in [9.17, 15) is 93.4 Å². The molecular formula is C34H30F18N6O3P+. The van der Waals surface area contributed by atoms with E-state index in [0.717, 1.165) is 0 Å². The second kappa shape index (κ2) is 18.9. The Kier molecular flexibility index (Phi) is 15.6. The highest BCUT2D eigenvalue weighted by Gasteiger charge is 2.40. The molecule has 0 aromatic heterocycles. The molecule has 0 atom stereocenters. The van der Waals surface area contributed by atoms with E-state index in [0.29, 0.717) is 0 Å². The Morgan fingerprint density at radius 1 is 0.371 bits per heavy atom. The van der Waals surface area contributed by atoms with Crippen molar-refractivity contribution in [2.45, 2.75) is 37.1 Å². The predicted octanol–water partition coefficient (Wildman–Crippen LogP) is 11.2. The summed E-state index contributed by atoms with van der Waals surface area (Å²) < 4.78 is 238. The van der Waals surface area contributed by atoms with Gasteiger partial charge in [-0.25, -0.2) is 14.4 Å². The lowest BCUT2D eigenvalue weighted by atomic mass is 10.1. The standard InChI is InChI=1S/C34H29F18N6O3P/c1-62(5-2-53-26(59)56-23-11-17(29(35,36)37)8-18(12-23)30(38,39)40,6-3-54-27(60)57-24-13-19(31(41,42)43)9-20(14-24)32(44,45)46)7-4-55-28(61)58-25-15-21(33(47,48)49)10-22(16-25)34(50,51)52/h8-16H,2-7H2,1H3,(H5-,53,54,55,56,57,58,59,60,61)/p+1. The largest absolute Gasteiger partial charge is 0.416 e. The number of alkyl halides is 18. The van der Waals surface area contributed by atoms with Crippen LogP contribution in [0.5, 0.6) is 0 Å². The Morgan fingerprint density at radius 3 is 0.710 bits per heavy atom.